The van der Waals surface area contributed by atoms with Gasteiger partial charge in [0.05, 0.1) is 13.1 Å². The molecule has 1 aromatic carbocycles. The molecule has 1 aliphatic rings. The standard InChI is InChI=1S/C15H20BrN3O3/c1-14(2,3)22-13(21)19-8-15(9-19,12(17)20)18-11-6-4-5-10(16)7-11/h4-7,18H,8-9H2,1-3H3,(H2,17,20). The van der Waals surface area contributed by atoms with Crippen LogP contribution in [0.5, 0.6) is 0 Å². The van der Waals surface area contributed by atoms with Crippen molar-refractivity contribution in [2.24, 2.45) is 5.73 Å². The number of nitrogens with one attached hydrogen (secondary N) is 1. The van der Waals surface area contributed by atoms with Crippen LogP contribution in [0.15, 0.2) is 28.7 Å². The average molecular weight is 370 g/mol. The number of anilines is 1. The van der Waals surface area contributed by atoms with Crippen molar-refractivity contribution < 1.29 is 14.3 Å². The van der Waals surface area contributed by atoms with Crippen molar-refractivity contribution >= 4 is 33.6 Å². The molecule has 2 rings (SSSR count). The molecule has 3 N–H and O–H groups in total. The largest absolute Gasteiger partial charge is 0.444 e. The summed E-state index contributed by atoms with van der Waals surface area (Å²) in [6.07, 6.45) is -0.444. The molecule has 0 aromatic heterocycles. The Morgan fingerprint density at radius 1 is 1.36 bits per heavy atom. The number of hydrogen-bond donors (Lipinski definition) is 2. The Morgan fingerprint density at radius 2 is 2.00 bits per heavy atom. The molecule has 0 radical (unpaired) electrons. The fourth-order valence-corrected chi connectivity index (χ4v) is 2.60. The lowest BCUT2D eigenvalue weighted by atomic mass is 9.89. The second kappa shape index (κ2) is 5.79. The molecule has 6 nitrogen and oxygen atoms in total. The number of amides is 2. The molecule has 1 aliphatic heterocycles. The minimum Gasteiger partial charge on any atom is -0.444 e. The normalized spacial score (nSPS) is 16.6. The zero-order chi connectivity index (χ0) is 16.5. The van der Waals surface area contributed by atoms with E-state index in [2.05, 4.69) is 21.2 Å². The first kappa shape index (κ1) is 16.6. The van der Waals surface area contributed by atoms with Gasteiger partial charge in [0, 0.05) is 10.2 Å². The summed E-state index contributed by atoms with van der Waals surface area (Å²) >= 11 is 3.37. The van der Waals surface area contributed by atoms with Crippen LogP contribution in [0.3, 0.4) is 0 Å². The van der Waals surface area contributed by atoms with Crippen LogP contribution in [-0.4, -0.2) is 41.1 Å². The summed E-state index contributed by atoms with van der Waals surface area (Å²) in [4.78, 5) is 25.2. The maximum Gasteiger partial charge on any atom is 0.410 e. The van der Waals surface area contributed by atoms with Gasteiger partial charge in [0.15, 0.2) is 5.54 Å². The van der Waals surface area contributed by atoms with Crippen LogP contribution >= 0.6 is 15.9 Å². The third-order valence-electron chi connectivity index (χ3n) is 3.25. The van der Waals surface area contributed by atoms with Gasteiger partial charge in [-0.2, -0.15) is 0 Å². The summed E-state index contributed by atoms with van der Waals surface area (Å²) < 4.78 is 6.17. The van der Waals surface area contributed by atoms with Gasteiger partial charge in [0.1, 0.15) is 5.60 Å². The first-order chi connectivity index (χ1) is 10.1. The second-order valence-electron chi connectivity index (χ2n) is 6.42. The summed E-state index contributed by atoms with van der Waals surface area (Å²) in [6.45, 7) is 5.76. The van der Waals surface area contributed by atoms with E-state index in [4.69, 9.17) is 10.5 Å². The van der Waals surface area contributed by atoms with E-state index in [1.807, 2.05) is 24.3 Å². The third kappa shape index (κ3) is 3.71. The molecular weight excluding hydrogens is 350 g/mol. The van der Waals surface area contributed by atoms with Gasteiger partial charge < -0.3 is 20.7 Å². The SMILES string of the molecule is CC(C)(C)OC(=O)N1CC(Nc2cccc(Br)c2)(C(N)=O)C1. The number of primary amides is 1. The number of benzene rings is 1. The first-order valence-corrected chi connectivity index (χ1v) is 7.72. The predicted molar refractivity (Wildman–Crippen MR) is 87.5 cm³/mol. The Hall–Kier alpha value is -1.76. The molecule has 1 fully saturated rings. The maximum absolute atomic E-state index is 12.0. The van der Waals surface area contributed by atoms with Gasteiger partial charge in [0.2, 0.25) is 5.91 Å². The summed E-state index contributed by atoms with van der Waals surface area (Å²) in [7, 11) is 0. The van der Waals surface area contributed by atoms with Crippen molar-refractivity contribution in [2.45, 2.75) is 31.9 Å². The van der Waals surface area contributed by atoms with Gasteiger partial charge >= 0.3 is 6.09 Å². The number of nitrogens with zero attached hydrogens (tertiary/aromatic N) is 1. The molecule has 0 bridgehead atoms. The lowest BCUT2D eigenvalue weighted by Gasteiger charge is -2.48. The lowest BCUT2D eigenvalue weighted by Crippen LogP contribution is -2.73. The number of likely N-dealkylation sites (tertiary alicyclic amines) is 1. The Labute approximate surface area is 138 Å². The number of hydrogen-bond acceptors (Lipinski definition) is 4. The highest BCUT2D eigenvalue weighted by molar-refractivity contribution is 9.10. The van der Waals surface area contributed by atoms with Crippen LogP contribution in [0, 0.1) is 0 Å². The highest BCUT2D eigenvalue weighted by atomic mass is 79.9. The van der Waals surface area contributed by atoms with Gasteiger partial charge in [-0.15, -0.1) is 0 Å². The lowest BCUT2D eigenvalue weighted by molar-refractivity contribution is -0.127. The minimum absolute atomic E-state index is 0.184. The summed E-state index contributed by atoms with van der Waals surface area (Å²) in [5.41, 5.74) is 4.75. The number of ether oxygens (including phenoxy) is 1. The summed E-state index contributed by atoms with van der Waals surface area (Å²) in [6, 6.07) is 7.42. The van der Waals surface area contributed by atoms with Gasteiger partial charge in [-0.05, 0) is 39.0 Å². The minimum atomic E-state index is -0.961. The van der Waals surface area contributed by atoms with E-state index in [1.165, 1.54) is 4.90 Å². The molecule has 1 saturated heterocycles. The molecule has 1 heterocycles. The average Bonchev–Trinajstić information content (AvgIpc) is 2.30. The van der Waals surface area contributed by atoms with Crippen molar-refractivity contribution in [3.8, 4) is 0 Å². The molecule has 22 heavy (non-hydrogen) atoms. The van der Waals surface area contributed by atoms with Crippen molar-refractivity contribution in [2.75, 3.05) is 18.4 Å². The molecule has 0 aliphatic carbocycles. The van der Waals surface area contributed by atoms with Gasteiger partial charge in [-0.3, -0.25) is 4.79 Å². The van der Waals surface area contributed by atoms with Gasteiger partial charge in [0.25, 0.3) is 0 Å². The highest BCUT2D eigenvalue weighted by Gasteiger charge is 2.51. The summed E-state index contributed by atoms with van der Waals surface area (Å²) in [5, 5.41) is 3.13. The molecule has 0 unspecified atom stereocenters. The monoisotopic (exact) mass is 369 g/mol. The Morgan fingerprint density at radius 3 is 2.50 bits per heavy atom. The number of carbonyl (C=O) groups excluding carboxylic acids is 2. The van der Waals surface area contributed by atoms with Crippen molar-refractivity contribution in [3.05, 3.63) is 28.7 Å². The molecule has 2 amide bonds. The molecule has 120 valence electrons. The molecule has 0 saturated carbocycles. The number of carbonyl (C=O) groups is 2. The Kier molecular flexibility index (Phi) is 4.37. The van der Waals surface area contributed by atoms with Crippen molar-refractivity contribution in [3.63, 3.8) is 0 Å². The zero-order valence-electron chi connectivity index (χ0n) is 12.9. The van der Waals surface area contributed by atoms with E-state index in [1.54, 1.807) is 20.8 Å². The zero-order valence-corrected chi connectivity index (χ0v) is 14.4. The molecule has 7 heteroatoms. The second-order valence-corrected chi connectivity index (χ2v) is 7.33. The van der Waals surface area contributed by atoms with E-state index in [9.17, 15) is 9.59 Å². The Bertz CT molecular complexity index is 592. The van der Waals surface area contributed by atoms with Gasteiger partial charge in [-0.25, -0.2) is 4.79 Å². The van der Waals surface area contributed by atoms with E-state index in [-0.39, 0.29) is 13.1 Å². The highest BCUT2D eigenvalue weighted by Crippen LogP contribution is 2.28. The van der Waals surface area contributed by atoms with E-state index in [0.717, 1.165) is 10.2 Å². The number of nitrogens with two attached hydrogens (primary N) is 1. The number of halogens is 1. The molecule has 0 atom stereocenters. The smallest absolute Gasteiger partial charge is 0.410 e. The van der Waals surface area contributed by atoms with E-state index in [0.29, 0.717) is 0 Å². The Balaban J connectivity index is 2.05. The molecule has 0 spiro atoms. The molecular formula is C15H20BrN3O3. The third-order valence-corrected chi connectivity index (χ3v) is 3.75. The van der Waals surface area contributed by atoms with Crippen LogP contribution in [0.4, 0.5) is 10.5 Å². The van der Waals surface area contributed by atoms with Crippen LogP contribution in [0.1, 0.15) is 20.8 Å². The first-order valence-electron chi connectivity index (χ1n) is 6.93. The quantitative estimate of drug-likeness (QED) is 0.856. The number of rotatable bonds is 3. The van der Waals surface area contributed by atoms with Crippen molar-refractivity contribution in [1.29, 1.82) is 0 Å². The van der Waals surface area contributed by atoms with Crippen LogP contribution in [0.25, 0.3) is 0 Å². The fourth-order valence-electron chi connectivity index (χ4n) is 2.20. The predicted octanol–water partition coefficient (Wildman–Crippen LogP) is 2.34. The fraction of sp³-hybridized carbons (Fsp3) is 0.467. The van der Waals surface area contributed by atoms with Crippen LogP contribution in [0.2, 0.25) is 0 Å². The summed E-state index contributed by atoms with van der Waals surface area (Å²) in [5.74, 6) is -0.493. The van der Waals surface area contributed by atoms with E-state index < -0.39 is 23.1 Å². The van der Waals surface area contributed by atoms with E-state index >= 15 is 0 Å². The maximum atomic E-state index is 12.0. The van der Waals surface area contributed by atoms with Crippen LogP contribution < -0.4 is 11.1 Å². The molecule has 1 aromatic rings. The van der Waals surface area contributed by atoms with Crippen LogP contribution in [-0.2, 0) is 9.53 Å². The van der Waals surface area contributed by atoms with Gasteiger partial charge in [-0.1, -0.05) is 22.0 Å². The van der Waals surface area contributed by atoms with Crippen molar-refractivity contribution in [1.82, 2.24) is 4.90 Å². The topological polar surface area (TPSA) is 84.7 Å².